The molecule has 0 radical (unpaired) electrons. The highest BCUT2D eigenvalue weighted by molar-refractivity contribution is 7.18. The first-order valence-corrected chi connectivity index (χ1v) is 8.24. The quantitative estimate of drug-likeness (QED) is 0.915. The van der Waals surface area contributed by atoms with Gasteiger partial charge in [-0.15, -0.1) is 11.3 Å². The van der Waals surface area contributed by atoms with Crippen LogP contribution in [0.5, 0.6) is 0 Å². The predicted octanol–water partition coefficient (Wildman–Crippen LogP) is 3.26. The second kappa shape index (κ2) is 5.80. The molecule has 20 heavy (non-hydrogen) atoms. The maximum absolute atomic E-state index is 4.69. The Bertz CT molecular complexity index is 537. The molecule has 0 spiro atoms. The van der Waals surface area contributed by atoms with Crippen molar-refractivity contribution in [1.82, 2.24) is 15.2 Å². The molecule has 1 aromatic heterocycles. The van der Waals surface area contributed by atoms with E-state index in [1.807, 2.05) is 0 Å². The van der Waals surface area contributed by atoms with Crippen molar-refractivity contribution in [3.63, 3.8) is 0 Å². The summed E-state index contributed by atoms with van der Waals surface area (Å²) in [7, 11) is 4.43. The summed E-state index contributed by atoms with van der Waals surface area (Å²) in [6.07, 6.45) is 5.35. The summed E-state index contributed by atoms with van der Waals surface area (Å²) in [5.41, 5.74) is 1.48. The SMILES string of the molecule is CN(C)C1(CNCc2nc3ccccc3s2)CCCC1. The number of hydrogen-bond donors (Lipinski definition) is 1. The largest absolute Gasteiger partial charge is 0.309 e. The maximum Gasteiger partial charge on any atom is 0.108 e. The van der Waals surface area contributed by atoms with Gasteiger partial charge in [-0.1, -0.05) is 25.0 Å². The lowest BCUT2D eigenvalue weighted by Crippen LogP contribution is -2.49. The molecule has 0 atom stereocenters. The molecule has 0 aliphatic heterocycles. The number of nitrogens with one attached hydrogen (secondary N) is 1. The highest BCUT2D eigenvalue weighted by Crippen LogP contribution is 2.33. The fourth-order valence-electron chi connectivity index (χ4n) is 3.21. The van der Waals surface area contributed by atoms with Gasteiger partial charge in [0.05, 0.1) is 10.2 Å². The van der Waals surface area contributed by atoms with Crippen molar-refractivity contribution in [3.05, 3.63) is 29.3 Å². The second-order valence-corrected chi connectivity index (χ2v) is 7.12. The van der Waals surface area contributed by atoms with E-state index in [4.69, 9.17) is 0 Å². The third-order valence-electron chi connectivity index (χ3n) is 4.55. The summed E-state index contributed by atoms with van der Waals surface area (Å²) in [6.45, 7) is 1.95. The van der Waals surface area contributed by atoms with Gasteiger partial charge in [-0.05, 0) is 39.1 Å². The van der Waals surface area contributed by atoms with Gasteiger partial charge in [0.25, 0.3) is 0 Å². The molecule has 1 heterocycles. The number of fused-ring (bicyclic) bond motifs is 1. The summed E-state index contributed by atoms with van der Waals surface area (Å²) >= 11 is 1.80. The summed E-state index contributed by atoms with van der Waals surface area (Å²) in [4.78, 5) is 7.09. The highest BCUT2D eigenvalue weighted by atomic mass is 32.1. The molecule has 1 fully saturated rings. The van der Waals surface area contributed by atoms with E-state index in [0.29, 0.717) is 5.54 Å². The Hall–Kier alpha value is -0.970. The van der Waals surface area contributed by atoms with E-state index in [0.717, 1.165) is 18.6 Å². The van der Waals surface area contributed by atoms with Crippen LogP contribution in [0.25, 0.3) is 10.2 Å². The summed E-state index contributed by atoms with van der Waals surface area (Å²) < 4.78 is 1.28. The van der Waals surface area contributed by atoms with E-state index >= 15 is 0 Å². The number of nitrogens with zero attached hydrogens (tertiary/aromatic N) is 2. The minimum absolute atomic E-state index is 0.358. The van der Waals surface area contributed by atoms with E-state index in [1.165, 1.54) is 35.4 Å². The first kappa shape index (κ1) is 14.0. The van der Waals surface area contributed by atoms with Gasteiger partial charge >= 0.3 is 0 Å². The molecule has 4 heteroatoms. The molecule has 1 aromatic carbocycles. The summed E-state index contributed by atoms with van der Waals surface area (Å²) in [5, 5.41) is 4.83. The third-order valence-corrected chi connectivity index (χ3v) is 5.59. The molecular formula is C16H23N3S. The van der Waals surface area contributed by atoms with E-state index in [9.17, 15) is 0 Å². The van der Waals surface area contributed by atoms with Crippen LogP contribution >= 0.6 is 11.3 Å². The van der Waals surface area contributed by atoms with Gasteiger partial charge in [-0.2, -0.15) is 0 Å². The fourth-order valence-corrected chi connectivity index (χ4v) is 4.15. The predicted molar refractivity (Wildman–Crippen MR) is 86.2 cm³/mol. The number of hydrogen-bond acceptors (Lipinski definition) is 4. The van der Waals surface area contributed by atoms with Crippen LogP contribution in [-0.2, 0) is 6.54 Å². The third kappa shape index (κ3) is 2.73. The zero-order valence-corrected chi connectivity index (χ0v) is 13.2. The first-order chi connectivity index (χ1) is 9.70. The Labute approximate surface area is 125 Å². The van der Waals surface area contributed by atoms with Crippen molar-refractivity contribution in [2.24, 2.45) is 0 Å². The number of benzene rings is 1. The van der Waals surface area contributed by atoms with E-state index in [-0.39, 0.29) is 0 Å². The molecule has 0 bridgehead atoms. The minimum Gasteiger partial charge on any atom is -0.309 e. The van der Waals surface area contributed by atoms with Crippen molar-refractivity contribution >= 4 is 21.6 Å². The van der Waals surface area contributed by atoms with Crippen molar-refractivity contribution in [1.29, 1.82) is 0 Å². The van der Waals surface area contributed by atoms with Gasteiger partial charge in [-0.3, -0.25) is 0 Å². The molecule has 3 nitrogen and oxygen atoms in total. The molecule has 1 saturated carbocycles. The fraction of sp³-hybridized carbons (Fsp3) is 0.562. The maximum atomic E-state index is 4.69. The molecule has 0 amide bonds. The lowest BCUT2D eigenvalue weighted by atomic mass is 9.96. The lowest BCUT2D eigenvalue weighted by molar-refractivity contribution is 0.153. The van der Waals surface area contributed by atoms with Crippen LogP contribution in [0.1, 0.15) is 30.7 Å². The van der Waals surface area contributed by atoms with Gasteiger partial charge in [-0.25, -0.2) is 4.98 Å². The minimum atomic E-state index is 0.358. The van der Waals surface area contributed by atoms with E-state index < -0.39 is 0 Å². The van der Waals surface area contributed by atoms with E-state index in [1.54, 1.807) is 11.3 Å². The Morgan fingerprint density at radius 1 is 1.25 bits per heavy atom. The van der Waals surface area contributed by atoms with Crippen LogP contribution in [-0.4, -0.2) is 36.1 Å². The molecule has 2 aromatic rings. The molecule has 1 aliphatic rings. The smallest absolute Gasteiger partial charge is 0.108 e. The van der Waals surface area contributed by atoms with Gasteiger partial charge in [0, 0.05) is 18.6 Å². The standard InChI is InChI=1S/C16H23N3S/c1-19(2)16(9-5-6-10-16)12-17-11-15-18-13-7-3-4-8-14(13)20-15/h3-4,7-8,17H,5-6,9-12H2,1-2H3. The number of likely N-dealkylation sites (N-methyl/N-ethyl adjacent to an activating group) is 1. The van der Waals surface area contributed by atoms with Crippen molar-refractivity contribution < 1.29 is 0 Å². The topological polar surface area (TPSA) is 28.2 Å². The molecule has 1 aliphatic carbocycles. The molecule has 0 saturated heterocycles. The summed E-state index contributed by atoms with van der Waals surface area (Å²) in [6, 6.07) is 8.37. The van der Waals surface area contributed by atoms with Crippen molar-refractivity contribution in [2.45, 2.75) is 37.8 Å². The molecule has 3 rings (SSSR count). The monoisotopic (exact) mass is 289 g/mol. The number of rotatable bonds is 5. The van der Waals surface area contributed by atoms with Gasteiger partial charge in [0.1, 0.15) is 5.01 Å². The number of thiazole rings is 1. The Morgan fingerprint density at radius 2 is 2.00 bits per heavy atom. The van der Waals surface area contributed by atoms with Crippen LogP contribution in [0, 0.1) is 0 Å². The zero-order chi connectivity index (χ0) is 14.0. The lowest BCUT2D eigenvalue weighted by Gasteiger charge is -2.36. The molecule has 108 valence electrons. The average Bonchev–Trinajstić information content (AvgIpc) is 3.05. The van der Waals surface area contributed by atoms with Crippen LogP contribution in [0.4, 0.5) is 0 Å². The van der Waals surface area contributed by atoms with Crippen LogP contribution < -0.4 is 5.32 Å². The second-order valence-electron chi connectivity index (χ2n) is 6.00. The van der Waals surface area contributed by atoms with E-state index in [2.05, 4.69) is 53.6 Å². The molecular weight excluding hydrogens is 266 g/mol. The van der Waals surface area contributed by atoms with Crippen LogP contribution in [0.3, 0.4) is 0 Å². The van der Waals surface area contributed by atoms with Gasteiger partial charge in [0.15, 0.2) is 0 Å². The number of para-hydroxylation sites is 1. The van der Waals surface area contributed by atoms with Crippen molar-refractivity contribution in [3.8, 4) is 0 Å². The van der Waals surface area contributed by atoms with Crippen molar-refractivity contribution in [2.75, 3.05) is 20.6 Å². The molecule has 0 unspecified atom stereocenters. The van der Waals surface area contributed by atoms with Gasteiger partial charge < -0.3 is 10.2 Å². The Morgan fingerprint density at radius 3 is 2.70 bits per heavy atom. The number of aromatic nitrogens is 1. The van der Waals surface area contributed by atoms with Crippen LogP contribution in [0.2, 0.25) is 0 Å². The average molecular weight is 289 g/mol. The normalized spacial score (nSPS) is 18.1. The first-order valence-electron chi connectivity index (χ1n) is 7.42. The zero-order valence-electron chi connectivity index (χ0n) is 12.4. The molecule has 1 N–H and O–H groups in total. The van der Waals surface area contributed by atoms with Crippen LogP contribution in [0.15, 0.2) is 24.3 Å². The van der Waals surface area contributed by atoms with Gasteiger partial charge in [0.2, 0.25) is 0 Å². The Kier molecular flexibility index (Phi) is 4.06. The Balaban J connectivity index is 1.61. The summed E-state index contributed by atoms with van der Waals surface area (Å²) in [5.74, 6) is 0. The highest BCUT2D eigenvalue weighted by Gasteiger charge is 2.35.